The molecule has 1 heterocycles. The molecule has 0 radical (unpaired) electrons. The molecule has 2 rings (SSSR count). The van der Waals surface area contributed by atoms with Crippen molar-refractivity contribution in [2.75, 3.05) is 18.1 Å². The molecule has 0 bridgehead atoms. The molecule has 0 saturated carbocycles. The summed E-state index contributed by atoms with van der Waals surface area (Å²) in [4.78, 5) is 12.8. The molecule has 0 N–H and O–H groups in total. The van der Waals surface area contributed by atoms with Crippen LogP contribution in [0.2, 0.25) is 0 Å². The van der Waals surface area contributed by atoms with Crippen molar-refractivity contribution in [3.8, 4) is 5.75 Å². The fourth-order valence-electron chi connectivity index (χ4n) is 1.85. The number of carbonyl (C=O) groups excluding carboxylic acids is 1. The first-order valence-electron chi connectivity index (χ1n) is 5.56. The Morgan fingerprint density at radius 2 is 2.06 bits per heavy atom. The standard InChI is InChI=1S/C12H12F3NO2/c13-12(14,15)8-11(17)16-6-3-7-18-10-5-2-1-4-9(10)16/h1-2,4-5H,3,6-8H2. The summed E-state index contributed by atoms with van der Waals surface area (Å²) in [6, 6.07) is 6.63. The molecule has 0 saturated heterocycles. The number of anilines is 1. The summed E-state index contributed by atoms with van der Waals surface area (Å²) >= 11 is 0. The maximum atomic E-state index is 12.3. The zero-order valence-electron chi connectivity index (χ0n) is 9.54. The molecule has 3 nitrogen and oxygen atoms in total. The third-order valence-electron chi connectivity index (χ3n) is 2.59. The van der Waals surface area contributed by atoms with Crippen molar-refractivity contribution < 1.29 is 22.7 Å². The Labute approximate surface area is 102 Å². The number of rotatable bonds is 1. The molecular formula is C12H12F3NO2. The Kier molecular flexibility index (Phi) is 3.45. The lowest BCUT2D eigenvalue weighted by molar-refractivity contribution is -0.151. The topological polar surface area (TPSA) is 29.5 Å². The molecular weight excluding hydrogens is 247 g/mol. The van der Waals surface area contributed by atoms with Crippen LogP contribution < -0.4 is 9.64 Å². The molecule has 0 spiro atoms. The molecule has 0 aliphatic carbocycles. The Hall–Kier alpha value is -1.72. The van der Waals surface area contributed by atoms with Crippen molar-refractivity contribution >= 4 is 11.6 Å². The quantitative estimate of drug-likeness (QED) is 0.776. The van der Waals surface area contributed by atoms with Crippen LogP contribution >= 0.6 is 0 Å². The van der Waals surface area contributed by atoms with Crippen molar-refractivity contribution in [2.24, 2.45) is 0 Å². The summed E-state index contributed by atoms with van der Waals surface area (Å²) in [6.45, 7) is 0.638. The first-order valence-corrected chi connectivity index (χ1v) is 5.56. The lowest BCUT2D eigenvalue weighted by atomic mass is 10.2. The number of para-hydroxylation sites is 2. The molecule has 1 aromatic carbocycles. The highest BCUT2D eigenvalue weighted by molar-refractivity contribution is 5.95. The number of fused-ring (bicyclic) bond motifs is 1. The molecule has 0 fully saturated rings. The van der Waals surface area contributed by atoms with Crippen LogP contribution in [-0.4, -0.2) is 25.2 Å². The number of hydrogen-bond donors (Lipinski definition) is 0. The minimum atomic E-state index is -4.49. The molecule has 0 aromatic heterocycles. The summed E-state index contributed by atoms with van der Waals surface area (Å²) in [7, 11) is 0. The number of ether oxygens (including phenoxy) is 1. The Bertz CT molecular complexity index is 445. The lowest BCUT2D eigenvalue weighted by Gasteiger charge is -2.22. The monoisotopic (exact) mass is 259 g/mol. The van der Waals surface area contributed by atoms with Gasteiger partial charge in [0.2, 0.25) is 5.91 Å². The number of hydrogen-bond acceptors (Lipinski definition) is 2. The van der Waals surface area contributed by atoms with Gasteiger partial charge in [0.1, 0.15) is 12.2 Å². The first kappa shape index (κ1) is 12.7. The van der Waals surface area contributed by atoms with Crippen LogP contribution in [-0.2, 0) is 4.79 Å². The Balaban J connectivity index is 2.25. The van der Waals surface area contributed by atoms with Gasteiger partial charge in [-0.3, -0.25) is 4.79 Å². The van der Waals surface area contributed by atoms with Crippen LogP contribution in [0.15, 0.2) is 24.3 Å². The molecule has 1 amide bonds. The van der Waals surface area contributed by atoms with Gasteiger partial charge in [-0.05, 0) is 18.6 Å². The van der Waals surface area contributed by atoms with Gasteiger partial charge in [-0.2, -0.15) is 13.2 Å². The maximum absolute atomic E-state index is 12.3. The van der Waals surface area contributed by atoms with Gasteiger partial charge in [0.05, 0.1) is 12.3 Å². The maximum Gasteiger partial charge on any atom is 0.397 e. The second kappa shape index (κ2) is 4.88. The molecule has 0 atom stereocenters. The Morgan fingerprint density at radius 3 is 2.78 bits per heavy atom. The van der Waals surface area contributed by atoms with E-state index < -0.39 is 18.5 Å². The van der Waals surface area contributed by atoms with Gasteiger partial charge in [-0.1, -0.05) is 12.1 Å². The van der Waals surface area contributed by atoms with E-state index in [1.165, 1.54) is 0 Å². The molecule has 0 unspecified atom stereocenters. The van der Waals surface area contributed by atoms with Crippen LogP contribution in [0.25, 0.3) is 0 Å². The predicted octanol–water partition coefficient (Wildman–Crippen LogP) is 2.75. The zero-order chi connectivity index (χ0) is 13.2. The molecule has 98 valence electrons. The van der Waals surface area contributed by atoms with Crippen LogP contribution in [0, 0.1) is 0 Å². The number of halogens is 3. The predicted molar refractivity (Wildman–Crippen MR) is 59.6 cm³/mol. The van der Waals surface area contributed by atoms with Crippen molar-refractivity contribution in [3.05, 3.63) is 24.3 Å². The number of benzene rings is 1. The van der Waals surface area contributed by atoms with Gasteiger partial charge in [0.15, 0.2) is 0 Å². The summed E-state index contributed by atoms with van der Waals surface area (Å²) < 4.78 is 42.2. The smallest absolute Gasteiger partial charge is 0.397 e. The van der Waals surface area contributed by atoms with E-state index in [1.807, 2.05) is 0 Å². The van der Waals surface area contributed by atoms with Gasteiger partial charge in [0, 0.05) is 6.54 Å². The molecule has 18 heavy (non-hydrogen) atoms. The summed E-state index contributed by atoms with van der Waals surface area (Å²) in [5.74, 6) is -0.494. The average molecular weight is 259 g/mol. The summed E-state index contributed by atoms with van der Waals surface area (Å²) in [5, 5.41) is 0. The van der Waals surface area contributed by atoms with Gasteiger partial charge in [0.25, 0.3) is 0 Å². The van der Waals surface area contributed by atoms with Gasteiger partial charge >= 0.3 is 6.18 Å². The van der Waals surface area contributed by atoms with Gasteiger partial charge in [-0.15, -0.1) is 0 Å². The highest BCUT2D eigenvalue weighted by atomic mass is 19.4. The van der Waals surface area contributed by atoms with E-state index >= 15 is 0 Å². The molecule has 1 aliphatic rings. The largest absolute Gasteiger partial charge is 0.491 e. The van der Waals surface area contributed by atoms with Gasteiger partial charge in [-0.25, -0.2) is 0 Å². The van der Waals surface area contributed by atoms with Crippen LogP contribution in [0.4, 0.5) is 18.9 Å². The number of amides is 1. The van der Waals surface area contributed by atoms with E-state index in [0.717, 1.165) is 4.90 Å². The van der Waals surface area contributed by atoms with Crippen LogP contribution in [0.1, 0.15) is 12.8 Å². The SMILES string of the molecule is O=C(CC(F)(F)F)N1CCCOc2ccccc21. The number of nitrogens with zero attached hydrogens (tertiary/aromatic N) is 1. The van der Waals surface area contributed by atoms with Crippen LogP contribution in [0.3, 0.4) is 0 Å². The third-order valence-corrected chi connectivity index (χ3v) is 2.59. The molecule has 6 heteroatoms. The first-order chi connectivity index (χ1) is 8.47. The lowest BCUT2D eigenvalue weighted by Crippen LogP contribution is -2.34. The fourth-order valence-corrected chi connectivity index (χ4v) is 1.85. The molecule has 1 aromatic rings. The van der Waals surface area contributed by atoms with Crippen molar-refractivity contribution in [1.82, 2.24) is 0 Å². The normalized spacial score (nSPS) is 15.6. The number of carbonyl (C=O) groups is 1. The fraction of sp³-hybridized carbons (Fsp3) is 0.417. The van der Waals surface area contributed by atoms with E-state index in [0.29, 0.717) is 24.5 Å². The zero-order valence-corrected chi connectivity index (χ0v) is 9.54. The summed E-state index contributed by atoms with van der Waals surface area (Å²) in [5.41, 5.74) is 0.407. The van der Waals surface area contributed by atoms with Crippen molar-refractivity contribution in [1.29, 1.82) is 0 Å². The van der Waals surface area contributed by atoms with E-state index in [2.05, 4.69) is 0 Å². The number of alkyl halides is 3. The van der Waals surface area contributed by atoms with E-state index in [9.17, 15) is 18.0 Å². The second-order valence-corrected chi connectivity index (χ2v) is 4.01. The minimum absolute atomic E-state index is 0.242. The van der Waals surface area contributed by atoms with Crippen molar-refractivity contribution in [2.45, 2.75) is 19.0 Å². The second-order valence-electron chi connectivity index (χ2n) is 4.01. The average Bonchev–Trinajstić information content (AvgIpc) is 2.48. The van der Waals surface area contributed by atoms with Crippen molar-refractivity contribution in [3.63, 3.8) is 0 Å². The Morgan fingerprint density at radius 1 is 1.33 bits per heavy atom. The van der Waals surface area contributed by atoms with Crippen LogP contribution in [0.5, 0.6) is 5.75 Å². The minimum Gasteiger partial charge on any atom is -0.491 e. The third kappa shape index (κ3) is 2.94. The molecule has 1 aliphatic heterocycles. The van der Waals surface area contributed by atoms with E-state index in [-0.39, 0.29) is 6.54 Å². The summed E-state index contributed by atoms with van der Waals surface area (Å²) in [6.07, 6.45) is -5.42. The highest BCUT2D eigenvalue weighted by Crippen LogP contribution is 2.32. The highest BCUT2D eigenvalue weighted by Gasteiger charge is 2.34. The van der Waals surface area contributed by atoms with Gasteiger partial charge < -0.3 is 9.64 Å². The van der Waals surface area contributed by atoms with E-state index in [1.54, 1.807) is 24.3 Å². The van der Waals surface area contributed by atoms with E-state index in [4.69, 9.17) is 4.74 Å².